The Morgan fingerprint density at radius 2 is 2.13 bits per heavy atom. The molecular formula is C14H24O. The van der Waals surface area contributed by atoms with E-state index in [4.69, 9.17) is 0 Å². The number of rotatable bonds is 3. The van der Waals surface area contributed by atoms with Crippen LogP contribution in [0.15, 0.2) is 11.6 Å². The molecule has 0 saturated heterocycles. The van der Waals surface area contributed by atoms with Crippen LogP contribution in [-0.4, -0.2) is 5.78 Å². The average molecular weight is 208 g/mol. The second kappa shape index (κ2) is 4.51. The van der Waals surface area contributed by atoms with Gasteiger partial charge in [0.1, 0.15) is 5.78 Å². The third kappa shape index (κ3) is 2.70. The first-order chi connectivity index (χ1) is 6.85. The van der Waals surface area contributed by atoms with E-state index >= 15 is 0 Å². The van der Waals surface area contributed by atoms with Gasteiger partial charge in [-0.1, -0.05) is 32.4 Å². The van der Waals surface area contributed by atoms with Gasteiger partial charge in [-0.2, -0.15) is 0 Å². The van der Waals surface area contributed by atoms with Crippen molar-refractivity contribution in [2.75, 3.05) is 0 Å². The molecule has 0 heterocycles. The number of hydrogen-bond donors (Lipinski definition) is 0. The van der Waals surface area contributed by atoms with Gasteiger partial charge in [-0.3, -0.25) is 0 Å². The van der Waals surface area contributed by atoms with Crippen molar-refractivity contribution in [3.63, 3.8) is 0 Å². The molecule has 0 spiro atoms. The quantitative estimate of drug-likeness (QED) is 0.641. The standard InChI is InChI=1S/C14H24O/c1-10-6-7-11(2)14(4,5)13(10)9-8-12(3)15/h6,11,13H,7-9H2,1-5H3/t11-,13-/m1/s1. The van der Waals surface area contributed by atoms with Crippen LogP contribution >= 0.6 is 0 Å². The van der Waals surface area contributed by atoms with E-state index in [-0.39, 0.29) is 0 Å². The summed E-state index contributed by atoms with van der Waals surface area (Å²) in [6, 6.07) is 0. The van der Waals surface area contributed by atoms with Crippen LogP contribution in [0.5, 0.6) is 0 Å². The van der Waals surface area contributed by atoms with E-state index in [9.17, 15) is 4.79 Å². The topological polar surface area (TPSA) is 17.1 Å². The number of allylic oxidation sites excluding steroid dienone is 2. The molecule has 1 aliphatic rings. The first kappa shape index (κ1) is 12.5. The summed E-state index contributed by atoms with van der Waals surface area (Å²) in [5, 5.41) is 0. The summed E-state index contributed by atoms with van der Waals surface area (Å²) in [7, 11) is 0. The first-order valence-corrected chi connectivity index (χ1v) is 6.01. The van der Waals surface area contributed by atoms with Crippen molar-refractivity contribution < 1.29 is 4.79 Å². The lowest BCUT2D eigenvalue weighted by Crippen LogP contribution is -2.34. The van der Waals surface area contributed by atoms with Gasteiger partial charge in [0.05, 0.1) is 0 Å². The van der Waals surface area contributed by atoms with Gasteiger partial charge in [0, 0.05) is 6.42 Å². The van der Waals surface area contributed by atoms with Crippen molar-refractivity contribution in [2.45, 2.75) is 53.9 Å². The molecule has 2 atom stereocenters. The Labute approximate surface area is 93.9 Å². The number of carbonyl (C=O) groups excluding carboxylic acids is 1. The minimum absolute atomic E-state index is 0.317. The van der Waals surface area contributed by atoms with E-state index < -0.39 is 0 Å². The number of carbonyl (C=O) groups is 1. The smallest absolute Gasteiger partial charge is 0.129 e. The van der Waals surface area contributed by atoms with Gasteiger partial charge in [0.2, 0.25) is 0 Å². The Morgan fingerprint density at radius 1 is 1.53 bits per heavy atom. The van der Waals surface area contributed by atoms with E-state index in [1.54, 1.807) is 6.92 Å². The van der Waals surface area contributed by atoms with Crippen molar-refractivity contribution in [3.05, 3.63) is 11.6 Å². The molecule has 86 valence electrons. The van der Waals surface area contributed by atoms with E-state index in [1.165, 1.54) is 12.0 Å². The third-order valence-corrected chi connectivity index (χ3v) is 4.30. The molecule has 0 aromatic heterocycles. The molecule has 0 amide bonds. The van der Waals surface area contributed by atoms with E-state index in [0.717, 1.165) is 18.8 Å². The Kier molecular flexibility index (Phi) is 3.75. The van der Waals surface area contributed by atoms with Gasteiger partial charge in [-0.25, -0.2) is 0 Å². The second-order valence-corrected chi connectivity index (χ2v) is 5.70. The van der Waals surface area contributed by atoms with Gasteiger partial charge in [0.15, 0.2) is 0 Å². The molecule has 0 N–H and O–H groups in total. The van der Waals surface area contributed by atoms with Crippen LogP contribution in [0.4, 0.5) is 0 Å². The number of ketones is 1. The van der Waals surface area contributed by atoms with Crippen LogP contribution in [0.1, 0.15) is 53.9 Å². The summed E-state index contributed by atoms with van der Waals surface area (Å²) in [4.78, 5) is 11.1. The SMILES string of the molecule is CC(=O)CC[C@@H]1C(C)=CC[C@@H](C)C1(C)C. The van der Waals surface area contributed by atoms with Crippen LogP contribution in [0.3, 0.4) is 0 Å². The summed E-state index contributed by atoms with van der Waals surface area (Å²) in [6.45, 7) is 10.9. The normalized spacial score (nSPS) is 29.8. The minimum Gasteiger partial charge on any atom is -0.300 e. The Bertz CT molecular complexity index is 273. The Balaban J connectivity index is 2.77. The lowest BCUT2D eigenvalue weighted by Gasteiger charge is -2.43. The van der Waals surface area contributed by atoms with Crippen LogP contribution in [0.25, 0.3) is 0 Å². The second-order valence-electron chi connectivity index (χ2n) is 5.70. The molecule has 0 bridgehead atoms. The summed E-state index contributed by atoms with van der Waals surface area (Å²) in [5.74, 6) is 1.63. The van der Waals surface area contributed by atoms with Crippen LogP contribution in [-0.2, 0) is 4.79 Å². The largest absolute Gasteiger partial charge is 0.300 e. The summed E-state index contributed by atoms with van der Waals surface area (Å²) in [5.41, 5.74) is 1.83. The number of hydrogen-bond acceptors (Lipinski definition) is 1. The van der Waals surface area contributed by atoms with Crippen LogP contribution in [0.2, 0.25) is 0 Å². The first-order valence-electron chi connectivity index (χ1n) is 6.01. The molecule has 1 nitrogen and oxygen atoms in total. The fraction of sp³-hybridized carbons (Fsp3) is 0.786. The van der Waals surface area contributed by atoms with Gasteiger partial charge >= 0.3 is 0 Å². The monoisotopic (exact) mass is 208 g/mol. The van der Waals surface area contributed by atoms with E-state index in [2.05, 4.69) is 33.8 Å². The molecule has 1 aliphatic carbocycles. The highest BCUT2D eigenvalue weighted by Gasteiger charge is 2.37. The highest BCUT2D eigenvalue weighted by atomic mass is 16.1. The average Bonchev–Trinajstić information content (AvgIpc) is 2.11. The summed E-state index contributed by atoms with van der Waals surface area (Å²) in [6.07, 6.45) is 5.30. The predicted octanol–water partition coefficient (Wildman–Crippen LogP) is 3.98. The zero-order valence-corrected chi connectivity index (χ0v) is 10.8. The number of Topliss-reactive ketones (excluding diaryl/α,β-unsaturated/α-hetero) is 1. The van der Waals surface area contributed by atoms with Crippen molar-refractivity contribution in [1.29, 1.82) is 0 Å². The Morgan fingerprint density at radius 3 is 2.67 bits per heavy atom. The highest BCUT2D eigenvalue weighted by molar-refractivity contribution is 5.75. The van der Waals surface area contributed by atoms with Gasteiger partial charge in [0.25, 0.3) is 0 Å². The molecule has 0 aliphatic heterocycles. The van der Waals surface area contributed by atoms with Crippen molar-refractivity contribution >= 4 is 5.78 Å². The van der Waals surface area contributed by atoms with Gasteiger partial charge in [-0.05, 0) is 43.9 Å². The molecule has 0 fully saturated rings. The molecule has 0 unspecified atom stereocenters. The van der Waals surface area contributed by atoms with Gasteiger partial charge in [-0.15, -0.1) is 0 Å². The summed E-state index contributed by atoms with van der Waals surface area (Å²) >= 11 is 0. The van der Waals surface area contributed by atoms with Crippen LogP contribution < -0.4 is 0 Å². The van der Waals surface area contributed by atoms with Gasteiger partial charge < -0.3 is 4.79 Å². The molecule has 0 aromatic rings. The molecule has 0 radical (unpaired) electrons. The molecule has 0 aromatic carbocycles. The zero-order valence-electron chi connectivity index (χ0n) is 10.8. The molecule has 1 rings (SSSR count). The maximum atomic E-state index is 11.1. The minimum atomic E-state index is 0.317. The predicted molar refractivity (Wildman–Crippen MR) is 64.7 cm³/mol. The molecule has 15 heavy (non-hydrogen) atoms. The fourth-order valence-electron chi connectivity index (χ4n) is 2.69. The molecule has 1 heteroatoms. The van der Waals surface area contributed by atoms with Crippen molar-refractivity contribution in [3.8, 4) is 0 Å². The lowest BCUT2D eigenvalue weighted by molar-refractivity contribution is -0.117. The van der Waals surface area contributed by atoms with E-state index in [1.807, 2.05) is 0 Å². The lowest BCUT2D eigenvalue weighted by atomic mass is 9.62. The highest BCUT2D eigenvalue weighted by Crippen LogP contribution is 2.46. The summed E-state index contributed by atoms with van der Waals surface area (Å²) < 4.78 is 0. The van der Waals surface area contributed by atoms with E-state index in [0.29, 0.717) is 17.1 Å². The van der Waals surface area contributed by atoms with Crippen molar-refractivity contribution in [1.82, 2.24) is 0 Å². The van der Waals surface area contributed by atoms with Crippen molar-refractivity contribution in [2.24, 2.45) is 17.3 Å². The van der Waals surface area contributed by atoms with Crippen LogP contribution in [0, 0.1) is 17.3 Å². The zero-order chi connectivity index (χ0) is 11.6. The molecule has 0 saturated carbocycles. The maximum absolute atomic E-state index is 11.1. The third-order valence-electron chi connectivity index (χ3n) is 4.30. The Hall–Kier alpha value is -0.590. The maximum Gasteiger partial charge on any atom is 0.129 e. The molecular weight excluding hydrogens is 184 g/mol. The fourth-order valence-corrected chi connectivity index (χ4v) is 2.69.